The Morgan fingerprint density at radius 3 is 2.79 bits per heavy atom. The molecule has 2 rings (SSSR count). The summed E-state index contributed by atoms with van der Waals surface area (Å²) in [7, 11) is 3.59. The van der Waals surface area contributed by atoms with Crippen molar-refractivity contribution in [1.29, 1.82) is 0 Å². The second-order valence-electron chi connectivity index (χ2n) is 5.24. The summed E-state index contributed by atoms with van der Waals surface area (Å²) < 4.78 is 0. The highest BCUT2D eigenvalue weighted by Gasteiger charge is 2.32. The van der Waals surface area contributed by atoms with Crippen LogP contribution in [0.4, 0.5) is 11.4 Å². The Bertz CT molecular complexity index is 502. The second kappa shape index (κ2) is 5.29. The van der Waals surface area contributed by atoms with E-state index in [1.54, 1.807) is 19.0 Å². The number of amides is 1. The minimum absolute atomic E-state index is 0.0895. The van der Waals surface area contributed by atoms with Crippen molar-refractivity contribution < 1.29 is 4.79 Å². The molecule has 1 aliphatic rings. The van der Waals surface area contributed by atoms with Crippen molar-refractivity contribution in [3.05, 3.63) is 22.7 Å². The molecule has 5 heteroatoms. The van der Waals surface area contributed by atoms with Crippen LogP contribution in [-0.4, -0.2) is 37.5 Å². The number of hydrogen-bond acceptors (Lipinski definition) is 3. The number of benzene rings is 1. The molecule has 0 aromatic heterocycles. The molecule has 1 aromatic rings. The first-order valence-corrected chi connectivity index (χ1v) is 6.83. The Labute approximate surface area is 119 Å². The fraction of sp³-hybridized carbons (Fsp3) is 0.500. The van der Waals surface area contributed by atoms with Crippen LogP contribution in [0.3, 0.4) is 0 Å². The molecule has 0 saturated carbocycles. The molecule has 0 spiro atoms. The van der Waals surface area contributed by atoms with Crippen LogP contribution >= 0.6 is 11.6 Å². The van der Waals surface area contributed by atoms with Gasteiger partial charge in [-0.2, -0.15) is 0 Å². The lowest BCUT2D eigenvalue weighted by Gasteiger charge is -2.29. The fourth-order valence-corrected chi connectivity index (χ4v) is 2.77. The Morgan fingerprint density at radius 2 is 2.16 bits per heavy atom. The lowest BCUT2D eigenvalue weighted by atomic mass is 10.1. The van der Waals surface area contributed by atoms with E-state index in [0.717, 1.165) is 30.6 Å². The van der Waals surface area contributed by atoms with Gasteiger partial charge in [-0.15, -0.1) is 0 Å². The Kier molecular flexibility index (Phi) is 3.90. The second-order valence-corrected chi connectivity index (χ2v) is 5.65. The van der Waals surface area contributed by atoms with Crippen molar-refractivity contribution in [2.24, 2.45) is 0 Å². The van der Waals surface area contributed by atoms with E-state index in [1.807, 2.05) is 19.1 Å². The van der Waals surface area contributed by atoms with Crippen molar-refractivity contribution in [3.8, 4) is 0 Å². The van der Waals surface area contributed by atoms with Crippen molar-refractivity contribution in [3.63, 3.8) is 0 Å². The first kappa shape index (κ1) is 14.0. The SMILES string of the molecule is Cc1cc(N)c(Cl)cc1N1CCCC1C(=O)N(C)C. The van der Waals surface area contributed by atoms with E-state index < -0.39 is 0 Å². The van der Waals surface area contributed by atoms with Gasteiger partial charge >= 0.3 is 0 Å². The maximum absolute atomic E-state index is 12.2. The minimum atomic E-state index is -0.0895. The Balaban J connectivity index is 2.35. The molecule has 1 fully saturated rings. The van der Waals surface area contributed by atoms with Crippen LogP contribution in [0.25, 0.3) is 0 Å². The molecule has 1 atom stereocenters. The van der Waals surface area contributed by atoms with Gasteiger partial charge in [0.15, 0.2) is 0 Å². The summed E-state index contributed by atoms with van der Waals surface area (Å²) in [5.41, 5.74) is 8.45. The molecular formula is C14H20ClN3O. The quantitative estimate of drug-likeness (QED) is 0.846. The van der Waals surface area contributed by atoms with Crippen LogP contribution in [0.15, 0.2) is 12.1 Å². The third-order valence-electron chi connectivity index (χ3n) is 3.60. The Hall–Kier alpha value is -1.42. The normalized spacial score (nSPS) is 18.7. The molecule has 1 amide bonds. The van der Waals surface area contributed by atoms with E-state index in [4.69, 9.17) is 17.3 Å². The zero-order valence-corrected chi connectivity index (χ0v) is 12.4. The number of hydrogen-bond donors (Lipinski definition) is 1. The van der Waals surface area contributed by atoms with Crippen LogP contribution < -0.4 is 10.6 Å². The van der Waals surface area contributed by atoms with Gasteiger partial charge in [-0.05, 0) is 37.5 Å². The smallest absolute Gasteiger partial charge is 0.244 e. The zero-order valence-electron chi connectivity index (χ0n) is 11.6. The van der Waals surface area contributed by atoms with Gasteiger partial charge in [0, 0.05) is 26.3 Å². The molecule has 1 aromatic carbocycles. The highest BCUT2D eigenvalue weighted by atomic mass is 35.5. The first-order chi connectivity index (χ1) is 8.91. The molecule has 2 N–H and O–H groups in total. The predicted octanol–water partition coefficient (Wildman–Crippen LogP) is 2.29. The molecule has 1 unspecified atom stereocenters. The van der Waals surface area contributed by atoms with E-state index in [2.05, 4.69) is 4.90 Å². The number of nitrogens with two attached hydrogens (primary N) is 1. The first-order valence-electron chi connectivity index (χ1n) is 6.45. The summed E-state index contributed by atoms with van der Waals surface area (Å²) in [4.78, 5) is 16.0. The molecule has 0 radical (unpaired) electrons. The predicted molar refractivity (Wildman–Crippen MR) is 79.7 cm³/mol. The lowest BCUT2D eigenvalue weighted by Crippen LogP contribution is -2.43. The molecule has 19 heavy (non-hydrogen) atoms. The van der Waals surface area contributed by atoms with Crippen LogP contribution in [0.5, 0.6) is 0 Å². The van der Waals surface area contributed by atoms with Crippen LogP contribution in [0.2, 0.25) is 5.02 Å². The van der Waals surface area contributed by atoms with Gasteiger partial charge in [0.25, 0.3) is 0 Å². The molecule has 4 nitrogen and oxygen atoms in total. The molecule has 1 saturated heterocycles. The van der Waals surface area contributed by atoms with E-state index in [9.17, 15) is 4.79 Å². The number of rotatable bonds is 2. The van der Waals surface area contributed by atoms with E-state index >= 15 is 0 Å². The van der Waals surface area contributed by atoms with Gasteiger partial charge in [-0.3, -0.25) is 4.79 Å². The van der Waals surface area contributed by atoms with Crippen molar-refractivity contribution in [1.82, 2.24) is 4.90 Å². The molecule has 104 valence electrons. The summed E-state index contributed by atoms with van der Waals surface area (Å²) in [6.07, 6.45) is 1.91. The highest BCUT2D eigenvalue weighted by molar-refractivity contribution is 6.33. The molecule has 1 heterocycles. The zero-order chi connectivity index (χ0) is 14.2. The largest absolute Gasteiger partial charge is 0.398 e. The summed E-state index contributed by atoms with van der Waals surface area (Å²) in [5, 5.41) is 0.545. The summed E-state index contributed by atoms with van der Waals surface area (Å²) in [5.74, 6) is 0.143. The number of aryl methyl sites for hydroxylation is 1. The standard InChI is InChI=1S/C14H20ClN3O/c1-9-7-11(16)10(15)8-13(9)18-6-4-5-12(18)14(19)17(2)3/h7-8,12H,4-6,16H2,1-3H3. The summed E-state index contributed by atoms with van der Waals surface area (Å²) in [6, 6.07) is 3.65. The van der Waals surface area contributed by atoms with Crippen LogP contribution in [-0.2, 0) is 4.79 Å². The Morgan fingerprint density at radius 1 is 1.47 bits per heavy atom. The van der Waals surface area contributed by atoms with Crippen LogP contribution in [0, 0.1) is 6.92 Å². The van der Waals surface area contributed by atoms with Gasteiger partial charge < -0.3 is 15.5 Å². The third kappa shape index (κ3) is 2.63. The molecule has 0 bridgehead atoms. The van der Waals surface area contributed by atoms with E-state index in [1.165, 1.54) is 0 Å². The number of carbonyl (C=O) groups is 1. The number of nitrogens with zero attached hydrogens (tertiary/aromatic N) is 2. The van der Waals surface area contributed by atoms with E-state index in [-0.39, 0.29) is 11.9 Å². The van der Waals surface area contributed by atoms with Crippen molar-refractivity contribution >= 4 is 28.9 Å². The summed E-state index contributed by atoms with van der Waals surface area (Å²) in [6.45, 7) is 2.88. The van der Waals surface area contributed by atoms with Gasteiger partial charge in [0.1, 0.15) is 6.04 Å². The highest BCUT2D eigenvalue weighted by Crippen LogP contribution is 2.34. The molecular weight excluding hydrogens is 262 g/mol. The van der Waals surface area contributed by atoms with Gasteiger partial charge in [0.05, 0.1) is 10.7 Å². The number of likely N-dealkylation sites (N-methyl/N-ethyl adjacent to an activating group) is 1. The average Bonchev–Trinajstić information content (AvgIpc) is 2.81. The topological polar surface area (TPSA) is 49.6 Å². The number of anilines is 2. The number of nitrogen functional groups attached to an aromatic ring is 1. The van der Waals surface area contributed by atoms with Crippen molar-refractivity contribution in [2.75, 3.05) is 31.3 Å². The molecule has 0 aliphatic carbocycles. The van der Waals surface area contributed by atoms with Gasteiger partial charge in [-0.1, -0.05) is 11.6 Å². The molecule has 1 aliphatic heterocycles. The third-order valence-corrected chi connectivity index (χ3v) is 3.93. The van der Waals surface area contributed by atoms with Gasteiger partial charge in [0.2, 0.25) is 5.91 Å². The fourth-order valence-electron chi connectivity index (χ4n) is 2.61. The minimum Gasteiger partial charge on any atom is -0.398 e. The van der Waals surface area contributed by atoms with Crippen LogP contribution in [0.1, 0.15) is 18.4 Å². The number of halogens is 1. The summed E-state index contributed by atoms with van der Waals surface area (Å²) >= 11 is 6.11. The van der Waals surface area contributed by atoms with E-state index in [0.29, 0.717) is 10.7 Å². The maximum atomic E-state index is 12.2. The average molecular weight is 282 g/mol. The van der Waals surface area contributed by atoms with Crippen molar-refractivity contribution in [2.45, 2.75) is 25.8 Å². The number of carbonyl (C=O) groups excluding carboxylic acids is 1. The lowest BCUT2D eigenvalue weighted by molar-refractivity contribution is -0.129. The monoisotopic (exact) mass is 281 g/mol. The maximum Gasteiger partial charge on any atom is 0.244 e. The van der Waals surface area contributed by atoms with Gasteiger partial charge in [-0.25, -0.2) is 0 Å².